The van der Waals surface area contributed by atoms with Gasteiger partial charge in [0.1, 0.15) is 11.9 Å². The molecule has 0 saturated heterocycles. The highest BCUT2D eigenvalue weighted by Gasteiger charge is 2.29. The molecule has 7 nitrogen and oxygen atoms in total. The normalized spacial score (nSPS) is 18.3. The fraction of sp³-hybridized carbons (Fsp3) is 0.414. The molecule has 0 amide bonds. The van der Waals surface area contributed by atoms with Crippen molar-refractivity contribution in [3.8, 4) is 17.1 Å². The van der Waals surface area contributed by atoms with Crippen molar-refractivity contribution >= 4 is 11.9 Å². The van der Waals surface area contributed by atoms with Crippen LogP contribution in [0.15, 0.2) is 59.1 Å². The van der Waals surface area contributed by atoms with E-state index in [1.807, 2.05) is 75.4 Å². The highest BCUT2D eigenvalue weighted by Crippen LogP contribution is 2.32. The molecule has 1 saturated carbocycles. The zero-order valence-corrected chi connectivity index (χ0v) is 21.1. The van der Waals surface area contributed by atoms with E-state index in [0.717, 1.165) is 36.1 Å². The van der Waals surface area contributed by atoms with Gasteiger partial charge in [-0.3, -0.25) is 9.59 Å². The van der Waals surface area contributed by atoms with Crippen molar-refractivity contribution in [3.63, 3.8) is 0 Å². The number of carbonyl (C=O) groups excluding carboxylic acids is 2. The van der Waals surface area contributed by atoms with E-state index < -0.39 is 0 Å². The first-order valence-corrected chi connectivity index (χ1v) is 12.6. The van der Waals surface area contributed by atoms with Crippen LogP contribution in [0.2, 0.25) is 0 Å². The Morgan fingerprint density at radius 3 is 2.56 bits per heavy atom. The predicted molar refractivity (Wildman–Crippen MR) is 134 cm³/mol. The molecule has 2 unspecified atom stereocenters. The second kappa shape index (κ2) is 11.9. The van der Waals surface area contributed by atoms with Crippen molar-refractivity contribution in [2.24, 2.45) is 5.92 Å². The number of ether oxygens (including phenoxy) is 3. The molecule has 2 aromatic carbocycles. The number of hydrogen-bond donors (Lipinski definition) is 0. The maximum Gasteiger partial charge on any atom is 0.311 e. The molecular formula is C29H33NO6. The summed E-state index contributed by atoms with van der Waals surface area (Å²) >= 11 is 0. The van der Waals surface area contributed by atoms with Gasteiger partial charge in [-0.25, -0.2) is 0 Å². The van der Waals surface area contributed by atoms with Crippen LogP contribution < -0.4 is 4.74 Å². The molecule has 0 aliphatic heterocycles. The van der Waals surface area contributed by atoms with E-state index in [1.165, 1.54) is 0 Å². The van der Waals surface area contributed by atoms with Gasteiger partial charge < -0.3 is 18.7 Å². The fourth-order valence-corrected chi connectivity index (χ4v) is 4.60. The molecule has 1 aliphatic carbocycles. The van der Waals surface area contributed by atoms with Crippen LogP contribution in [0.3, 0.4) is 0 Å². The van der Waals surface area contributed by atoms with E-state index in [-0.39, 0.29) is 36.5 Å². The second-order valence-corrected chi connectivity index (χ2v) is 9.18. The summed E-state index contributed by atoms with van der Waals surface area (Å²) in [6.07, 6.45) is 3.05. The molecule has 3 atom stereocenters. The van der Waals surface area contributed by atoms with Gasteiger partial charge >= 0.3 is 11.9 Å². The Balaban J connectivity index is 1.39. The van der Waals surface area contributed by atoms with Gasteiger partial charge in [-0.1, -0.05) is 35.5 Å². The third-order valence-corrected chi connectivity index (χ3v) is 6.55. The Bertz CT molecular complexity index is 1150. The van der Waals surface area contributed by atoms with Crippen molar-refractivity contribution in [1.29, 1.82) is 0 Å². The van der Waals surface area contributed by atoms with E-state index in [1.54, 1.807) is 0 Å². The van der Waals surface area contributed by atoms with Crippen LogP contribution in [0.5, 0.6) is 5.75 Å². The standard InChI is InChI=1S/C29H33NO6/c1-4-33-29(32)23-11-8-12-25(17-23)35-24-15-13-22(14-16-24)28-26(19(2)30-36-28)18-27(31)34-20(3)21-9-6-5-7-10-21/h5-7,9-10,13-16,20,23,25H,4,8,11-12,17-18H2,1-3H3/t20-,23?,25?/m1/s1. The van der Waals surface area contributed by atoms with Crippen LogP contribution in [0.25, 0.3) is 11.3 Å². The first-order valence-electron chi connectivity index (χ1n) is 12.6. The molecule has 1 aromatic heterocycles. The molecule has 0 radical (unpaired) electrons. The topological polar surface area (TPSA) is 87.9 Å². The zero-order valence-electron chi connectivity index (χ0n) is 21.1. The minimum atomic E-state index is -0.345. The van der Waals surface area contributed by atoms with Crippen LogP contribution in [0.4, 0.5) is 0 Å². The van der Waals surface area contributed by atoms with Crippen LogP contribution in [0.1, 0.15) is 62.5 Å². The Kier molecular flexibility index (Phi) is 8.41. The minimum Gasteiger partial charge on any atom is -0.490 e. The average molecular weight is 492 g/mol. The van der Waals surface area contributed by atoms with E-state index >= 15 is 0 Å². The molecule has 7 heteroatoms. The fourth-order valence-electron chi connectivity index (χ4n) is 4.60. The molecule has 0 N–H and O–H groups in total. The molecule has 1 heterocycles. The van der Waals surface area contributed by atoms with Gasteiger partial charge in [0, 0.05) is 11.1 Å². The quantitative estimate of drug-likeness (QED) is 0.339. The van der Waals surface area contributed by atoms with E-state index in [2.05, 4.69) is 5.16 Å². The summed E-state index contributed by atoms with van der Waals surface area (Å²) in [6, 6.07) is 17.2. The maximum atomic E-state index is 12.7. The van der Waals surface area contributed by atoms with Gasteiger partial charge in [-0.05, 0) is 76.3 Å². The van der Waals surface area contributed by atoms with Gasteiger partial charge in [0.25, 0.3) is 0 Å². The van der Waals surface area contributed by atoms with Crippen molar-refractivity contribution < 1.29 is 28.3 Å². The molecule has 0 spiro atoms. The first-order chi connectivity index (χ1) is 17.4. The van der Waals surface area contributed by atoms with Gasteiger partial charge in [0.2, 0.25) is 0 Å². The zero-order chi connectivity index (χ0) is 25.5. The Labute approximate surface area is 211 Å². The molecule has 1 fully saturated rings. The first kappa shape index (κ1) is 25.5. The number of carbonyl (C=O) groups is 2. The third kappa shape index (κ3) is 6.33. The van der Waals surface area contributed by atoms with Crippen molar-refractivity contribution in [1.82, 2.24) is 5.16 Å². The molecule has 190 valence electrons. The highest BCUT2D eigenvalue weighted by atomic mass is 16.5. The number of aryl methyl sites for hydroxylation is 1. The molecule has 1 aliphatic rings. The van der Waals surface area contributed by atoms with Crippen molar-refractivity contribution in [2.75, 3.05) is 6.61 Å². The third-order valence-electron chi connectivity index (χ3n) is 6.55. The van der Waals surface area contributed by atoms with Crippen molar-refractivity contribution in [3.05, 3.63) is 71.4 Å². The minimum absolute atomic E-state index is 0.0246. The van der Waals surface area contributed by atoms with E-state index in [4.69, 9.17) is 18.7 Å². The lowest BCUT2D eigenvalue weighted by Gasteiger charge is -2.28. The summed E-state index contributed by atoms with van der Waals surface area (Å²) in [7, 11) is 0. The van der Waals surface area contributed by atoms with Crippen LogP contribution in [-0.2, 0) is 25.5 Å². The number of aromatic nitrogens is 1. The van der Waals surface area contributed by atoms with Gasteiger partial charge in [0.05, 0.1) is 30.7 Å². The lowest BCUT2D eigenvalue weighted by molar-refractivity contribution is -0.150. The Morgan fingerprint density at radius 1 is 1.08 bits per heavy atom. The van der Waals surface area contributed by atoms with Gasteiger partial charge in [-0.15, -0.1) is 0 Å². The molecule has 3 aromatic rings. The predicted octanol–water partition coefficient (Wildman–Crippen LogP) is 6.00. The second-order valence-electron chi connectivity index (χ2n) is 9.18. The largest absolute Gasteiger partial charge is 0.490 e. The lowest BCUT2D eigenvalue weighted by atomic mass is 9.87. The molecular weight excluding hydrogens is 458 g/mol. The lowest BCUT2D eigenvalue weighted by Crippen LogP contribution is -2.30. The number of rotatable bonds is 9. The van der Waals surface area contributed by atoms with E-state index in [9.17, 15) is 9.59 Å². The smallest absolute Gasteiger partial charge is 0.311 e. The summed E-state index contributed by atoms with van der Waals surface area (Å²) in [5.74, 6) is 0.691. The van der Waals surface area contributed by atoms with Crippen LogP contribution in [0, 0.1) is 12.8 Å². The molecule has 4 rings (SSSR count). The van der Waals surface area contributed by atoms with Crippen LogP contribution >= 0.6 is 0 Å². The van der Waals surface area contributed by atoms with Gasteiger partial charge in [-0.2, -0.15) is 0 Å². The summed E-state index contributed by atoms with van der Waals surface area (Å²) in [4.78, 5) is 24.8. The number of benzene rings is 2. The number of nitrogens with zero attached hydrogens (tertiary/aromatic N) is 1. The van der Waals surface area contributed by atoms with Gasteiger partial charge in [0.15, 0.2) is 5.76 Å². The Morgan fingerprint density at radius 2 is 1.83 bits per heavy atom. The average Bonchev–Trinajstić information content (AvgIpc) is 3.25. The summed E-state index contributed by atoms with van der Waals surface area (Å²) in [5, 5.41) is 4.08. The Hall–Kier alpha value is -3.61. The summed E-state index contributed by atoms with van der Waals surface area (Å²) in [5.41, 5.74) is 3.10. The summed E-state index contributed by atoms with van der Waals surface area (Å²) < 4.78 is 22.6. The SMILES string of the molecule is CCOC(=O)C1CCCC(Oc2ccc(-c3onc(C)c3CC(=O)O[C@H](C)c3ccccc3)cc2)C1. The van der Waals surface area contributed by atoms with Crippen LogP contribution in [-0.4, -0.2) is 29.8 Å². The molecule has 36 heavy (non-hydrogen) atoms. The number of hydrogen-bond acceptors (Lipinski definition) is 7. The van der Waals surface area contributed by atoms with E-state index in [0.29, 0.717) is 30.0 Å². The molecule has 0 bridgehead atoms. The highest BCUT2D eigenvalue weighted by molar-refractivity contribution is 5.77. The van der Waals surface area contributed by atoms with Crippen molar-refractivity contribution in [2.45, 2.75) is 65.1 Å². The maximum absolute atomic E-state index is 12.7. The summed E-state index contributed by atoms with van der Waals surface area (Å²) in [6.45, 7) is 5.90. The monoisotopic (exact) mass is 491 g/mol. The number of esters is 2.